The first-order chi connectivity index (χ1) is 10.0. The Morgan fingerprint density at radius 3 is 2.67 bits per heavy atom. The number of anilines is 1. The maximum atomic E-state index is 10.9. The Kier molecular flexibility index (Phi) is 3.49. The number of fused-ring (bicyclic) bond motifs is 1. The Hall–Kier alpha value is -2.17. The monoisotopic (exact) mass is 285 g/mol. The molecule has 0 radical (unpaired) electrons. The zero-order valence-corrected chi connectivity index (χ0v) is 12.4. The van der Waals surface area contributed by atoms with Crippen LogP contribution in [0.3, 0.4) is 0 Å². The highest BCUT2D eigenvalue weighted by Crippen LogP contribution is 2.28. The van der Waals surface area contributed by atoms with Gasteiger partial charge in [-0.05, 0) is 43.4 Å². The molecule has 5 nitrogen and oxygen atoms in total. The van der Waals surface area contributed by atoms with Crippen LogP contribution in [0.5, 0.6) is 0 Å². The van der Waals surface area contributed by atoms with Crippen LogP contribution in [-0.2, 0) is 0 Å². The first-order valence-electron chi connectivity index (χ1n) is 7.35. The van der Waals surface area contributed by atoms with Crippen molar-refractivity contribution in [3.8, 4) is 0 Å². The van der Waals surface area contributed by atoms with E-state index in [1.807, 2.05) is 13.0 Å². The second kappa shape index (κ2) is 5.31. The quantitative estimate of drug-likeness (QED) is 0.623. The Balaban J connectivity index is 1.99. The van der Waals surface area contributed by atoms with Crippen molar-refractivity contribution in [3.63, 3.8) is 0 Å². The molecule has 0 atom stereocenters. The van der Waals surface area contributed by atoms with Crippen LogP contribution in [0.1, 0.15) is 25.3 Å². The minimum atomic E-state index is -0.362. The van der Waals surface area contributed by atoms with Gasteiger partial charge in [-0.15, -0.1) is 0 Å². The molecular weight excluding hydrogens is 266 g/mol. The van der Waals surface area contributed by atoms with Crippen LogP contribution in [0.25, 0.3) is 10.9 Å². The van der Waals surface area contributed by atoms with Crippen LogP contribution in [-0.4, -0.2) is 23.0 Å². The van der Waals surface area contributed by atoms with Gasteiger partial charge in [0.2, 0.25) is 0 Å². The lowest BCUT2D eigenvalue weighted by Crippen LogP contribution is -2.33. The van der Waals surface area contributed by atoms with E-state index >= 15 is 0 Å². The smallest absolute Gasteiger partial charge is 0.270 e. The van der Waals surface area contributed by atoms with Gasteiger partial charge in [0.1, 0.15) is 5.82 Å². The second-order valence-electron chi connectivity index (χ2n) is 5.93. The first-order valence-corrected chi connectivity index (χ1v) is 7.35. The van der Waals surface area contributed by atoms with Crippen LogP contribution >= 0.6 is 0 Å². The van der Waals surface area contributed by atoms with E-state index in [-0.39, 0.29) is 10.6 Å². The van der Waals surface area contributed by atoms with Crippen molar-refractivity contribution in [2.45, 2.75) is 26.7 Å². The predicted octanol–water partition coefficient (Wildman–Crippen LogP) is 3.69. The molecule has 1 aromatic heterocycles. The van der Waals surface area contributed by atoms with Gasteiger partial charge in [0.05, 0.1) is 10.4 Å². The number of aromatic nitrogens is 1. The number of nitro groups is 1. The van der Waals surface area contributed by atoms with Crippen LogP contribution < -0.4 is 4.90 Å². The number of pyridine rings is 1. The zero-order valence-electron chi connectivity index (χ0n) is 12.4. The molecule has 1 saturated heterocycles. The third-order valence-electron chi connectivity index (χ3n) is 4.30. The number of nitrogens with zero attached hydrogens (tertiary/aromatic N) is 3. The summed E-state index contributed by atoms with van der Waals surface area (Å²) >= 11 is 0. The van der Waals surface area contributed by atoms with Crippen molar-refractivity contribution in [2.24, 2.45) is 5.92 Å². The fourth-order valence-electron chi connectivity index (χ4n) is 2.88. The highest BCUT2D eigenvalue weighted by molar-refractivity contribution is 5.86. The van der Waals surface area contributed by atoms with Gasteiger partial charge >= 0.3 is 0 Å². The highest BCUT2D eigenvalue weighted by atomic mass is 16.6. The van der Waals surface area contributed by atoms with E-state index in [1.165, 1.54) is 18.9 Å². The normalized spacial score (nSPS) is 16.4. The van der Waals surface area contributed by atoms with Gasteiger partial charge in [-0.3, -0.25) is 10.1 Å². The Bertz CT molecular complexity index is 691. The molecule has 1 aromatic carbocycles. The Labute approximate surface area is 123 Å². The van der Waals surface area contributed by atoms with Gasteiger partial charge in [0.25, 0.3) is 5.69 Å². The molecule has 0 saturated carbocycles. The van der Waals surface area contributed by atoms with Gasteiger partial charge in [-0.2, -0.15) is 0 Å². The molecule has 110 valence electrons. The van der Waals surface area contributed by atoms with Gasteiger partial charge in [-0.1, -0.05) is 6.92 Å². The van der Waals surface area contributed by atoms with Gasteiger partial charge in [0.15, 0.2) is 0 Å². The minimum absolute atomic E-state index is 0.118. The summed E-state index contributed by atoms with van der Waals surface area (Å²) in [6, 6.07) is 6.93. The number of hydrogen-bond donors (Lipinski definition) is 0. The maximum Gasteiger partial charge on any atom is 0.270 e. The maximum absolute atomic E-state index is 10.9. The van der Waals surface area contributed by atoms with Crippen LogP contribution in [0.4, 0.5) is 11.5 Å². The molecule has 0 aliphatic carbocycles. The summed E-state index contributed by atoms with van der Waals surface area (Å²) in [5.74, 6) is 1.77. The van der Waals surface area contributed by atoms with E-state index in [0.29, 0.717) is 0 Å². The third-order valence-corrected chi connectivity index (χ3v) is 4.30. The van der Waals surface area contributed by atoms with Crippen molar-refractivity contribution in [3.05, 3.63) is 39.9 Å². The van der Waals surface area contributed by atoms with Crippen molar-refractivity contribution in [1.29, 1.82) is 0 Å². The predicted molar refractivity (Wildman–Crippen MR) is 83.7 cm³/mol. The summed E-state index contributed by atoms with van der Waals surface area (Å²) in [4.78, 5) is 17.5. The summed E-state index contributed by atoms with van der Waals surface area (Å²) in [5.41, 5.74) is 1.98. The molecule has 0 bridgehead atoms. The molecule has 1 fully saturated rings. The molecular formula is C16H19N3O2. The van der Waals surface area contributed by atoms with E-state index in [0.717, 1.165) is 41.3 Å². The lowest BCUT2D eigenvalue weighted by Gasteiger charge is -2.31. The molecule has 1 aliphatic heterocycles. The number of aryl methyl sites for hydroxylation is 1. The number of piperidine rings is 1. The van der Waals surface area contributed by atoms with E-state index in [4.69, 9.17) is 0 Å². The largest absolute Gasteiger partial charge is 0.357 e. The van der Waals surface area contributed by atoms with E-state index < -0.39 is 0 Å². The molecule has 0 amide bonds. The van der Waals surface area contributed by atoms with Gasteiger partial charge < -0.3 is 4.90 Å². The summed E-state index contributed by atoms with van der Waals surface area (Å²) < 4.78 is 0. The van der Waals surface area contributed by atoms with Crippen LogP contribution in [0.15, 0.2) is 24.3 Å². The Morgan fingerprint density at radius 2 is 2.00 bits per heavy atom. The summed E-state index contributed by atoms with van der Waals surface area (Å²) in [7, 11) is 0. The van der Waals surface area contributed by atoms with E-state index in [9.17, 15) is 10.1 Å². The average molecular weight is 285 g/mol. The topological polar surface area (TPSA) is 59.3 Å². The molecule has 0 unspecified atom stereocenters. The second-order valence-corrected chi connectivity index (χ2v) is 5.93. The molecule has 21 heavy (non-hydrogen) atoms. The van der Waals surface area contributed by atoms with Gasteiger partial charge in [0, 0.05) is 30.6 Å². The van der Waals surface area contributed by atoms with Crippen molar-refractivity contribution >= 4 is 22.4 Å². The molecule has 3 rings (SSSR count). The lowest BCUT2D eigenvalue weighted by molar-refractivity contribution is -0.384. The molecule has 2 aromatic rings. The third kappa shape index (κ3) is 2.68. The van der Waals surface area contributed by atoms with E-state index in [1.54, 1.807) is 12.1 Å². The number of benzene rings is 1. The summed E-state index contributed by atoms with van der Waals surface area (Å²) in [5, 5.41) is 11.7. The van der Waals surface area contributed by atoms with Crippen molar-refractivity contribution in [1.82, 2.24) is 4.98 Å². The molecule has 0 N–H and O–H groups in total. The molecule has 1 aliphatic rings. The minimum Gasteiger partial charge on any atom is -0.357 e. The fraction of sp³-hybridized carbons (Fsp3) is 0.438. The van der Waals surface area contributed by atoms with Gasteiger partial charge in [-0.25, -0.2) is 4.98 Å². The molecule has 0 spiro atoms. The number of non-ortho nitro benzene ring substituents is 1. The van der Waals surface area contributed by atoms with Crippen molar-refractivity contribution < 1.29 is 4.92 Å². The zero-order chi connectivity index (χ0) is 15.0. The summed E-state index contributed by atoms with van der Waals surface area (Å²) in [6.45, 7) is 6.34. The lowest BCUT2D eigenvalue weighted by atomic mass is 9.99. The average Bonchev–Trinajstić information content (AvgIpc) is 2.47. The van der Waals surface area contributed by atoms with E-state index in [2.05, 4.69) is 16.8 Å². The molecule has 5 heteroatoms. The Morgan fingerprint density at radius 1 is 1.29 bits per heavy atom. The fourth-order valence-corrected chi connectivity index (χ4v) is 2.88. The summed E-state index contributed by atoms with van der Waals surface area (Å²) in [6.07, 6.45) is 2.39. The first kappa shape index (κ1) is 13.8. The standard InChI is InChI=1S/C16H19N3O2/c1-11-5-7-18(8-6-11)16-9-12(2)14-10-13(19(20)21)3-4-15(14)17-16/h3-4,9-11H,5-8H2,1-2H3. The highest BCUT2D eigenvalue weighted by Gasteiger charge is 2.18. The van der Waals surface area contributed by atoms with Crippen LogP contribution in [0.2, 0.25) is 0 Å². The number of hydrogen-bond acceptors (Lipinski definition) is 4. The molecule has 2 heterocycles. The number of rotatable bonds is 2. The number of nitro benzene ring substituents is 1. The van der Waals surface area contributed by atoms with Crippen LogP contribution in [0, 0.1) is 23.0 Å². The van der Waals surface area contributed by atoms with Crippen molar-refractivity contribution in [2.75, 3.05) is 18.0 Å². The SMILES string of the molecule is Cc1cc(N2CCC(C)CC2)nc2ccc([N+](=O)[O-])cc12.